The lowest BCUT2D eigenvalue weighted by atomic mass is 10.1. The van der Waals surface area contributed by atoms with Crippen LogP contribution in [0.1, 0.15) is 83.6 Å². The van der Waals surface area contributed by atoms with Crippen molar-refractivity contribution in [2.45, 2.75) is 84.6 Å². The van der Waals surface area contributed by atoms with Crippen LogP contribution in [0.3, 0.4) is 0 Å². The summed E-state index contributed by atoms with van der Waals surface area (Å²) in [4.78, 5) is 25.4. The minimum Gasteiger partial charge on any atom is -1.00 e. The third-order valence-electron chi connectivity index (χ3n) is 7.00. The molecular formula is C29H46BrFN2O3. The molecule has 0 aliphatic carbocycles. The summed E-state index contributed by atoms with van der Waals surface area (Å²) in [6.07, 6.45) is 14.9. The molecule has 0 aromatic heterocycles. The number of carbonyl (C=O) groups is 2. The number of unbranched alkanes of at least 4 members (excludes halogenated alkanes) is 8. The van der Waals surface area contributed by atoms with Crippen LogP contribution in [-0.4, -0.2) is 60.6 Å². The molecule has 0 atom stereocenters. The first-order valence-electron chi connectivity index (χ1n) is 13.6. The number of esters is 1. The molecule has 1 saturated heterocycles. The van der Waals surface area contributed by atoms with Gasteiger partial charge in [0.25, 0.3) is 0 Å². The molecule has 5 nitrogen and oxygen atoms in total. The van der Waals surface area contributed by atoms with Crippen molar-refractivity contribution in [1.82, 2.24) is 4.90 Å². The second-order valence-corrected chi connectivity index (χ2v) is 9.98. The number of amides is 1. The van der Waals surface area contributed by atoms with E-state index in [1.807, 2.05) is 23.1 Å². The standard InChI is InChI=1S/C29H46FN2O3.BrH/c1-3-4-5-12-21-32(25-27-15-17-28(30)18-16-27)22-19-31(20-23-32)29(34)14-11-9-7-6-8-10-13-24-35-26(2)33;/h11,14-18H,3-10,12-13,19-25H2,1-2H3;1H/q+1;/p-1/b14-11+;. The van der Waals surface area contributed by atoms with E-state index >= 15 is 0 Å². The molecule has 0 saturated carbocycles. The van der Waals surface area contributed by atoms with Gasteiger partial charge in [-0.05, 0) is 50.3 Å². The van der Waals surface area contributed by atoms with Gasteiger partial charge in [0, 0.05) is 12.5 Å². The summed E-state index contributed by atoms with van der Waals surface area (Å²) < 4.78 is 19.3. The third kappa shape index (κ3) is 13.0. The highest BCUT2D eigenvalue weighted by Crippen LogP contribution is 2.21. The quantitative estimate of drug-likeness (QED) is 0.133. The summed E-state index contributed by atoms with van der Waals surface area (Å²) in [7, 11) is 0. The maximum atomic E-state index is 13.4. The van der Waals surface area contributed by atoms with Gasteiger partial charge in [0.2, 0.25) is 5.91 Å². The molecule has 0 radical (unpaired) electrons. The van der Waals surface area contributed by atoms with E-state index in [-0.39, 0.29) is 34.7 Å². The molecule has 1 aromatic rings. The molecule has 0 unspecified atom stereocenters. The van der Waals surface area contributed by atoms with E-state index in [9.17, 15) is 14.0 Å². The number of carbonyl (C=O) groups excluding carboxylic acids is 2. The summed E-state index contributed by atoms with van der Waals surface area (Å²) in [6.45, 7) is 9.68. The average Bonchev–Trinajstić information content (AvgIpc) is 2.85. The number of ether oxygens (including phenoxy) is 1. The van der Waals surface area contributed by atoms with Crippen molar-refractivity contribution in [3.8, 4) is 0 Å². The third-order valence-corrected chi connectivity index (χ3v) is 7.00. The molecule has 1 aliphatic rings. The molecule has 1 amide bonds. The van der Waals surface area contributed by atoms with Gasteiger partial charge in [0.15, 0.2) is 0 Å². The Morgan fingerprint density at radius 2 is 1.61 bits per heavy atom. The number of allylic oxidation sites excluding steroid dienone is 1. The topological polar surface area (TPSA) is 46.6 Å². The van der Waals surface area contributed by atoms with Gasteiger partial charge in [0.1, 0.15) is 12.4 Å². The van der Waals surface area contributed by atoms with Gasteiger partial charge in [-0.3, -0.25) is 9.59 Å². The Labute approximate surface area is 228 Å². The second kappa shape index (κ2) is 18.5. The molecule has 1 aliphatic heterocycles. The number of piperazine rings is 1. The van der Waals surface area contributed by atoms with E-state index in [0.717, 1.165) is 82.3 Å². The van der Waals surface area contributed by atoms with Crippen LogP contribution in [-0.2, 0) is 20.9 Å². The van der Waals surface area contributed by atoms with Crippen LogP contribution in [0.15, 0.2) is 36.4 Å². The molecule has 7 heteroatoms. The predicted molar refractivity (Wildman–Crippen MR) is 139 cm³/mol. The lowest BCUT2D eigenvalue weighted by Gasteiger charge is -2.45. The molecule has 1 fully saturated rings. The Morgan fingerprint density at radius 1 is 0.972 bits per heavy atom. The van der Waals surface area contributed by atoms with Gasteiger partial charge in [0.05, 0.1) is 39.3 Å². The van der Waals surface area contributed by atoms with Crippen LogP contribution in [0.2, 0.25) is 0 Å². The summed E-state index contributed by atoms with van der Waals surface area (Å²) in [5, 5.41) is 0. The van der Waals surface area contributed by atoms with E-state index in [1.165, 1.54) is 38.2 Å². The van der Waals surface area contributed by atoms with E-state index in [4.69, 9.17) is 4.74 Å². The highest BCUT2D eigenvalue weighted by atomic mass is 79.9. The number of hydrogen-bond donors (Lipinski definition) is 0. The van der Waals surface area contributed by atoms with Gasteiger partial charge in [-0.2, -0.15) is 0 Å². The largest absolute Gasteiger partial charge is 1.00 e. The number of rotatable bonds is 16. The Kier molecular flexibility index (Phi) is 16.6. The van der Waals surface area contributed by atoms with Crippen LogP contribution < -0.4 is 17.0 Å². The fourth-order valence-corrected chi connectivity index (χ4v) is 4.82. The zero-order chi connectivity index (χ0) is 25.4. The first kappa shape index (κ1) is 32.3. The lowest BCUT2D eigenvalue weighted by Crippen LogP contribution is -3.00. The van der Waals surface area contributed by atoms with Crippen LogP contribution in [0.5, 0.6) is 0 Å². The van der Waals surface area contributed by atoms with Crippen molar-refractivity contribution in [2.75, 3.05) is 39.3 Å². The van der Waals surface area contributed by atoms with Crippen molar-refractivity contribution in [3.05, 3.63) is 47.8 Å². The van der Waals surface area contributed by atoms with Crippen molar-refractivity contribution in [2.24, 2.45) is 0 Å². The molecule has 2 rings (SSSR count). The average molecular weight is 570 g/mol. The Balaban J connectivity index is 0.00000648. The van der Waals surface area contributed by atoms with Gasteiger partial charge in [-0.1, -0.05) is 57.2 Å². The van der Waals surface area contributed by atoms with Gasteiger partial charge >= 0.3 is 5.97 Å². The first-order chi connectivity index (χ1) is 16.9. The summed E-state index contributed by atoms with van der Waals surface area (Å²) in [5.41, 5.74) is 1.17. The molecule has 0 N–H and O–H groups in total. The maximum absolute atomic E-state index is 13.4. The fourth-order valence-electron chi connectivity index (χ4n) is 4.82. The lowest BCUT2D eigenvalue weighted by molar-refractivity contribution is -0.944. The van der Waals surface area contributed by atoms with Crippen LogP contribution in [0.25, 0.3) is 0 Å². The highest BCUT2D eigenvalue weighted by molar-refractivity contribution is 5.87. The predicted octanol–water partition coefficient (Wildman–Crippen LogP) is 3.03. The van der Waals surface area contributed by atoms with E-state index in [1.54, 1.807) is 18.2 Å². The minimum atomic E-state index is -0.210. The molecule has 0 bridgehead atoms. The van der Waals surface area contributed by atoms with E-state index in [0.29, 0.717) is 6.61 Å². The zero-order valence-electron chi connectivity index (χ0n) is 22.4. The molecule has 1 aromatic carbocycles. The smallest absolute Gasteiger partial charge is 0.302 e. The number of nitrogens with zero attached hydrogens (tertiary/aromatic N) is 2. The van der Waals surface area contributed by atoms with Gasteiger partial charge in [-0.15, -0.1) is 0 Å². The Hall–Kier alpha value is -1.73. The van der Waals surface area contributed by atoms with Crippen molar-refractivity contribution in [1.29, 1.82) is 0 Å². The summed E-state index contributed by atoms with van der Waals surface area (Å²) in [5.74, 6) is -0.278. The van der Waals surface area contributed by atoms with Crippen LogP contribution >= 0.6 is 0 Å². The van der Waals surface area contributed by atoms with E-state index < -0.39 is 0 Å². The van der Waals surface area contributed by atoms with E-state index in [2.05, 4.69) is 6.92 Å². The van der Waals surface area contributed by atoms with Gasteiger partial charge in [-0.25, -0.2) is 4.39 Å². The van der Waals surface area contributed by atoms with Gasteiger partial charge < -0.3 is 31.1 Å². The number of quaternary nitrogens is 1. The van der Waals surface area contributed by atoms with Crippen molar-refractivity contribution in [3.63, 3.8) is 0 Å². The van der Waals surface area contributed by atoms with Crippen LogP contribution in [0.4, 0.5) is 4.39 Å². The van der Waals surface area contributed by atoms with Crippen LogP contribution in [0, 0.1) is 5.82 Å². The molecule has 204 valence electrons. The normalized spacial score (nSPS) is 15.0. The Bertz CT molecular complexity index is 777. The zero-order valence-corrected chi connectivity index (χ0v) is 23.9. The van der Waals surface area contributed by atoms with Crippen molar-refractivity contribution < 1.29 is 40.2 Å². The monoisotopic (exact) mass is 568 g/mol. The summed E-state index contributed by atoms with van der Waals surface area (Å²) in [6, 6.07) is 6.91. The number of halogens is 2. The number of benzene rings is 1. The molecule has 36 heavy (non-hydrogen) atoms. The SMILES string of the molecule is CCCCCC[N+]1(Cc2ccc(F)cc2)CCN(C(=O)/C=C/CCCCCCCOC(C)=O)CC1.[Br-]. The molecule has 1 heterocycles. The first-order valence-corrected chi connectivity index (χ1v) is 13.6. The Morgan fingerprint density at radius 3 is 2.28 bits per heavy atom. The minimum absolute atomic E-state index is 0. The molecule has 0 spiro atoms. The second-order valence-electron chi connectivity index (χ2n) is 9.98. The highest BCUT2D eigenvalue weighted by Gasteiger charge is 2.33. The maximum Gasteiger partial charge on any atom is 0.302 e. The summed E-state index contributed by atoms with van der Waals surface area (Å²) >= 11 is 0. The fraction of sp³-hybridized carbons (Fsp3) is 0.655. The number of hydrogen-bond acceptors (Lipinski definition) is 3. The van der Waals surface area contributed by atoms with Crippen molar-refractivity contribution >= 4 is 11.9 Å². The molecular weight excluding hydrogens is 523 g/mol.